The Kier molecular flexibility index (Phi) is 10.9. The first-order chi connectivity index (χ1) is 18.5. The third-order valence-corrected chi connectivity index (χ3v) is 6.86. The van der Waals surface area contributed by atoms with Crippen molar-refractivity contribution in [2.24, 2.45) is 0 Å². The first-order valence-corrected chi connectivity index (χ1v) is 13.5. The van der Waals surface area contributed by atoms with E-state index >= 15 is 0 Å². The van der Waals surface area contributed by atoms with Crippen molar-refractivity contribution in [1.29, 1.82) is 0 Å². The number of carbonyl (C=O) groups excluding carboxylic acids is 2. The molecule has 1 aromatic heterocycles. The molecule has 0 saturated carbocycles. The van der Waals surface area contributed by atoms with Crippen molar-refractivity contribution < 1.29 is 28.5 Å². The minimum absolute atomic E-state index is 0.0212. The maximum atomic E-state index is 11.5. The summed E-state index contributed by atoms with van der Waals surface area (Å²) in [4.78, 5) is 26.7. The van der Waals surface area contributed by atoms with Gasteiger partial charge in [0, 0.05) is 31.7 Å². The van der Waals surface area contributed by atoms with E-state index in [2.05, 4.69) is 18.8 Å². The van der Waals surface area contributed by atoms with Gasteiger partial charge < -0.3 is 23.5 Å². The van der Waals surface area contributed by atoms with Crippen LogP contribution in [0, 0.1) is 0 Å². The van der Waals surface area contributed by atoms with Gasteiger partial charge in [-0.25, -0.2) is 4.98 Å². The molecular weight excluding hydrogens is 567 g/mol. The van der Waals surface area contributed by atoms with Crippen LogP contribution >= 0.6 is 34.8 Å². The van der Waals surface area contributed by atoms with Gasteiger partial charge in [-0.15, -0.1) is 11.6 Å². The topological polar surface area (TPSA) is 88.9 Å². The SMILES string of the molecule is CC(=O)O[C@H](CCl)COc1c(Cl)cc(C(C)(C)c2ccc(OC[C@H](Cn3ccnc3)OC(C)=O)cc2)cc1Cl. The van der Waals surface area contributed by atoms with Crippen molar-refractivity contribution in [1.82, 2.24) is 9.55 Å². The van der Waals surface area contributed by atoms with Gasteiger partial charge in [0.2, 0.25) is 0 Å². The fraction of sp³-hybridized carbons (Fsp3) is 0.393. The number of hydrogen-bond donors (Lipinski definition) is 0. The highest BCUT2D eigenvalue weighted by Gasteiger charge is 2.26. The van der Waals surface area contributed by atoms with E-state index in [-0.39, 0.29) is 25.1 Å². The summed E-state index contributed by atoms with van der Waals surface area (Å²) >= 11 is 18.9. The summed E-state index contributed by atoms with van der Waals surface area (Å²) in [5, 5.41) is 0.659. The van der Waals surface area contributed by atoms with Crippen LogP contribution in [0.4, 0.5) is 0 Å². The first kappa shape index (κ1) is 30.6. The Morgan fingerprint density at radius 2 is 1.51 bits per heavy atom. The van der Waals surface area contributed by atoms with Gasteiger partial charge in [0.1, 0.15) is 25.1 Å². The van der Waals surface area contributed by atoms with Gasteiger partial charge in [0.15, 0.2) is 11.9 Å². The third-order valence-electron chi connectivity index (χ3n) is 5.96. The van der Waals surface area contributed by atoms with E-state index in [4.69, 9.17) is 53.8 Å². The summed E-state index contributed by atoms with van der Waals surface area (Å²) in [6.45, 7) is 7.42. The zero-order valence-electron chi connectivity index (χ0n) is 22.2. The lowest BCUT2D eigenvalue weighted by molar-refractivity contribution is -0.148. The average molecular weight is 598 g/mol. The number of nitrogens with zero attached hydrogens (tertiary/aromatic N) is 2. The molecule has 210 valence electrons. The highest BCUT2D eigenvalue weighted by Crippen LogP contribution is 2.40. The van der Waals surface area contributed by atoms with Crippen LogP contribution in [-0.2, 0) is 31.0 Å². The fourth-order valence-corrected chi connectivity index (χ4v) is 4.64. The molecule has 0 spiro atoms. The molecule has 0 amide bonds. The number of benzene rings is 2. The van der Waals surface area contributed by atoms with Crippen LogP contribution in [0.1, 0.15) is 38.8 Å². The number of halogens is 3. The van der Waals surface area contributed by atoms with Gasteiger partial charge >= 0.3 is 11.9 Å². The van der Waals surface area contributed by atoms with Crippen molar-refractivity contribution in [3.05, 3.63) is 76.3 Å². The maximum absolute atomic E-state index is 11.5. The van der Waals surface area contributed by atoms with E-state index in [9.17, 15) is 9.59 Å². The lowest BCUT2D eigenvalue weighted by atomic mass is 9.78. The minimum atomic E-state index is -0.622. The van der Waals surface area contributed by atoms with Gasteiger partial charge in [0.05, 0.1) is 28.8 Å². The quantitative estimate of drug-likeness (QED) is 0.174. The van der Waals surface area contributed by atoms with Crippen LogP contribution in [0.5, 0.6) is 11.5 Å². The largest absolute Gasteiger partial charge is 0.490 e. The molecule has 0 fully saturated rings. The molecule has 0 N–H and O–H groups in total. The second-order valence-corrected chi connectivity index (χ2v) is 10.5. The number of imidazole rings is 1. The van der Waals surface area contributed by atoms with Crippen molar-refractivity contribution in [2.75, 3.05) is 19.1 Å². The highest BCUT2D eigenvalue weighted by atomic mass is 35.5. The molecule has 11 heteroatoms. The van der Waals surface area contributed by atoms with E-state index in [0.717, 1.165) is 11.1 Å². The van der Waals surface area contributed by atoms with Crippen LogP contribution < -0.4 is 9.47 Å². The van der Waals surface area contributed by atoms with Gasteiger partial charge in [-0.1, -0.05) is 49.2 Å². The van der Waals surface area contributed by atoms with Crippen LogP contribution in [0.2, 0.25) is 10.0 Å². The van der Waals surface area contributed by atoms with Crippen molar-refractivity contribution >= 4 is 46.7 Å². The summed E-state index contributed by atoms with van der Waals surface area (Å²) in [5.41, 5.74) is 1.42. The lowest BCUT2D eigenvalue weighted by Crippen LogP contribution is -2.28. The van der Waals surface area contributed by atoms with Crippen LogP contribution in [0.15, 0.2) is 55.1 Å². The molecule has 0 radical (unpaired) electrons. The smallest absolute Gasteiger partial charge is 0.303 e. The molecule has 0 aliphatic carbocycles. The third kappa shape index (κ3) is 8.78. The molecule has 3 aromatic rings. The zero-order valence-corrected chi connectivity index (χ0v) is 24.4. The molecule has 0 aliphatic heterocycles. The van der Waals surface area contributed by atoms with Gasteiger partial charge in [-0.2, -0.15) is 0 Å². The highest BCUT2D eigenvalue weighted by molar-refractivity contribution is 6.37. The van der Waals surface area contributed by atoms with Gasteiger partial charge in [-0.05, 0) is 35.4 Å². The summed E-state index contributed by atoms with van der Waals surface area (Å²) in [7, 11) is 0. The minimum Gasteiger partial charge on any atom is -0.490 e. The zero-order chi connectivity index (χ0) is 28.6. The molecule has 2 aromatic carbocycles. The van der Waals surface area contributed by atoms with Crippen LogP contribution in [-0.4, -0.2) is 52.8 Å². The Bertz CT molecular complexity index is 1230. The Morgan fingerprint density at radius 3 is 2.05 bits per heavy atom. The van der Waals surface area contributed by atoms with E-state index in [1.54, 1.807) is 30.9 Å². The van der Waals surface area contributed by atoms with E-state index in [1.165, 1.54) is 13.8 Å². The number of aromatic nitrogens is 2. The molecule has 0 bridgehead atoms. The molecule has 2 atom stereocenters. The van der Waals surface area contributed by atoms with Crippen LogP contribution in [0.25, 0.3) is 0 Å². The number of carbonyl (C=O) groups is 2. The second-order valence-electron chi connectivity index (χ2n) is 9.42. The summed E-state index contributed by atoms with van der Waals surface area (Å²) in [6, 6.07) is 11.2. The second kappa shape index (κ2) is 13.9. The molecular formula is C28H31Cl3N2O6. The lowest BCUT2D eigenvalue weighted by Gasteiger charge is -2.27. The first-order valence-electron chi connectivity index (χ1n) is 12.2. The number of esters is 2. The summed E-state index contributed by atoms with van der Waals surface area (Å²) < 4.78 is 24.0. The molecule has 3 rings (SSSR count). The van der Waals surface area contributed by atoms with Crippen molar-refractivity contribution in [3.63, 3.8) is 0 Å². The Labute approximate surface area is 243 Å². The number of ether oxygens (including phenoxy) is 4. The molecule has 1 heterocycles. The molecule has 0 aliphatic rings. The Morgan fingerprint density at radius 1 is 0.923 bits per heavy atom. The summed E-state index contributed by atoms with van der Waals surface area (Å²) in [6.07, 6.45) is 4.03. The molecule has 0 unspecified atom stereocenters. The number of hydrogen-bond acceptors (Lipinski definition) is 7. The Balaban J connectivity index is 1.68. The predicted molar refractivity (Wildman–Crippen MR) is 150 cm³/mol. The van der Waals surface area contributed by atoms with E-state index < -0.39 is 23.6 Å². The average Bonchev–Trinajstić information content (AvgIpc) is 3.38. The Hall–Kier alpha value is -2.94. The van der Waals surface area contributed by atoms with Gasteiger partial charge in [0.25, 0.3) is 0 Å². The molecule has 0 saturated heterocycles. The summed E-state index contributed by atoms with van der Waals surface area (Å²) in [5.74, 6) is 0.182. The predicted octanol–water partition coefficient (Wildman–Crippen LogP) is 6.08. The van der Waals surface area contributed by atoms with Crippen LogP contribution in [0.3, 0.4) is 0 Å². The monoisotopic (exact) mass is 596 g/mol. The van der Waals surface area contributed by atoms with E-state index in [1.807, 2.05) is 28.8 Å². The number of alkyl halides is 1. The maximum Gasteiger partial charge on any atom is 0.303 e. The van der Waals surface area contributed by atoms with Crippen molar-refractivity contribution in [3.8, 4) is 11.5 Å². The van der Waals surface area contributed by atoms with Crippen molar-refractivity contribution in [2.45, 2.75) is 51.9 Å². The molecule has 39 heavy (non-hydrogen) atoms. The van der Waals surface area contributed by atoms with E-state index in [0.29, 0.717) is 28.1 Å². The fourth-order valence-electron chi connectivity index (χ4n) is 3.89. The normalized spacial score (nSPS) is 12.9. The number of rotatable bonds is 13. The van der Waals surface area contributed by atoms with Gasteiger partial charge in [-0.3, -0.25) is 9.59 Å². The molecule has 8 nitrogen and oxygen atoms in total. The standard InChI is InChI=1S/C28H31Cl3N2O6/c1-18(34)38-23(13-29)15-37-27-25(30)11-21(12-26(27)31)28(3,4)20-5-7-22(8-6-20)36-16-24(39-19(2)35)14-33-10-9-32-17-33/h5-12,17,23-24H,13-16H2,1-4H3/t23-,24+/m1/s1.